The molecule has 2 aromatic rings. The van der Waals surface area contributed by atoms with Crippen LogP contribution in [0.3, 0.4) is 0 Å². The number of carbonyl (C=O) groups is 1. The molecule has 0 unspecified atom stereocenters. The van der Waals surface area contributed by atoms with Crippen molar-refractivity contribution < 1.29 is 9.90 Å². The molecule has 2 heterocycles. The van der Waals surface area contributed by atoms with Gasteiger partial charge in [-0.25, -0.2) is 14.8 Å². The van der Waals surface area contributed by atoms with E-state index in [0.29, 0.717) is 11.9 Å². The molecule has 0 saturated heterocycles. The van der Waals surface area contributed by atoms with Crippen LogP contribution in [0.1, 0.15) is 31.7 Å². The molecule has 1 aliphatic rings. The van der Waals surface area contributed by atoms with Crippen molar-refractivity contribution in [2.45, 2.75) is 31.7 Å². The maximum atomic E-state index is 10.7. The summed E-state index contributed by atoms with van der Waals surface area (Å²) in [7, 11) is 0. The highest BCUT2D eigenvalue weighted by molar-refractivity contribution is 14.1. The molecule has 0 radical (unpaired) electrons. The molecule has 21 heavy (non-hydrogen) atoms. The average molecular weight is 398 g/mol. The van der Waals surface area contributed by atoms with E-state index in [4.69, 9.17) is 10.8 Å². The molecule has 3 rings (SSSR count). The van der Waals surface area contributed by atoms with Crippen LogP contribution >= 0.6 is 22.6 Å². The monoisotopic (exact) mass is 398 g/mol. The number of allylic oxidation sites excluding steroid dienone is 1. The van der Waals surface area contributed by atoms with Crippen molar-refractivity contribution in [3.8, 4) is 0 Å². The molecule has 3 N–H and O–H groups in total. The largest absolute Gasteiger partial charge is 0.478 e. The number of nitrogens with two attached hydrogens (primary N) is 1. The first-order chi connectivity index (χ1) is 10.1. The molecule has 1 saturated carbocycles. The zero-order valence-corrected chi connectivity index (χ0v) is 13.4. The summed E-state index contributed by atoms with van der Waals surface area (Å²) >= 11 is 2.25. The van der Waals surface area contributed by atoms with Crippen LogP contribution in [0, 0.1) is 3.57 Å². The minimum Gasteiger partial charge on any atom is -0.478 e. The van der Waals surface area contributed by atoms with Gasteiger partial charge < -0.3 is 15.4 Å². The van der Waals surface area contributed by atoms with Crippen molar-refractivity contribution in [1.82, 2.24) is 14.5 Å². The second-order valence-electron chi connectivity index (χ2n) is 5.21. The van der Waals surface area contributed by atoms with Gasteiger partial charge in [-0.15, -0.1) is 0 Å². The van der Waals surface area contributed by atoms with Crippen LogP contribution in [-0.4, -0.2) is 25.6 Å². The third-order valence-corrected chi connectivity index (χ3v) is 4.73. The van der Waals surface area contributed by atoms with Gasteiger partial charge in [0.2, 0.25) is 0 Å². The van der Waals surface area contributed by atoms with E-state index in [0.717, 1.165) is 45.9 Å². The van der Waals surface area contributed by atoms with E-state index in [1.165, 1.54) is 12.4 Å². The number of fused-ring (bicyclic) bond motifs is 1. The molecule has 0 atom stereocenters. The minimum absolute atomic E-state index is 0.330. The lowest BCUT2D eigenvalue weighted by atomic mass is 9.90. The Balaban J connectivity index is 1.90. The lowest BCUT2D eigenvalue weighted by molar-refractivity contribution is -0.131. The van der Waals surface area contributed by atoms with Crippen molar-refractivity contribution in [2.24, 2.45) is 0 Å². The number of halogens is 1. The van der Waals surface area contributed by atoms with Gasteiger partial charge in [0.05, 0.1) is 5.39 Å². The Morgan fingerprint density at radius 3 is 2.81 bits per heavy atom. The molecule has 0 amide bonds. The normalized spacial score (nSPS) is 18.9. The third kappa shape index (κ3) is 2.74. The van der Waals surface area contributed by atoms with E-state index in [1.807, 2.05) is 0 Å². The summed E-state index contributed by atoms with van der Waals surface area (Å²) in [5.74, 6) is -0.352. The lowest BCUT2D eigenvalue weighted by Gasteiger charge is -2.25. The van der Waals surface area contributed by atoms with E-state index in [9.17, 15) is 4.79 Å². The molecule has 7 heteroatoms. The van der Waals surface area contributed by atoms with Crippen LogP contribution in [0.2, 0.25) is 0 Å². The number of nitrogens with zero attached hydrogens (tertiary/aromatic N) is 3. The number of carboxylic acids is 1. The average Bonchev–Trinajstić information content (AvgIpc) is 2.78. The van der Waals surface area contributed by atoms with Crippen LogP contribution in [0.5, 0.6) is 0 Å². The predicted octanol–water partition coefficient (Wildman–Crippen LogP) is 2.74. The molecule has 1 aliphatic carbocycles. The van der Waals surface area contributed by atoms with E-state index in [1.54, 1.807) is 0 Å². The van der Waals surface area contributed by atoms with E-state index in [2.05, 4.69) is 43.3 Å². The molecular weight excluding hydrogens is 383 g/mol. The zero-order chi connectivity index (χ0) is 15.0. The predicted molar refractivity (Wildman–Crippen MR) is 87.9 cm³/mol. The minimum atomic E-state index is -0.857. The fraction of sp³-hybridized carbons (Fsp3) is 0.357. The highest BCUT2D eigenvalue weighted by Crippen LogP contribution is 2.36. The first kappa shape index (κ1) is 14.3. The first-order valence-electron chi connectivity index (χ1n) is 6.75. The smallest absolute Gasteiger partial charge is 0.328 e. The van der Waals surface area contributed by atoms with Gasteiger partial charge >= 0.3 is 5.97 Å². The van der Waals surface area contributed by atoms with Gasteiger partial charge in [-0.1, -0.05) is 5.57 Å². The zero-order valence-electron chi connectivity index (χ0n) is 11.3. The summed E-state index contributed by atoms with van der Waals surface area (Å²) in [5, 5.41) is 9.72. The van der Waals surface area contributed by atoms with Crippen LogP contribution in [0.4, 0.5) is 5.82 Å². The fourth-order valence-corrected chi connectivity index (χ4v) is 3.73. The van der Waals surface area contributed by atoms with Crippen molar-refractivity contribution in [1.29, 1.82) is 0 Å². The molecule has 6 nitrogen and oxygen atoms in total. The Bertz CT molecular complexity index is 728. The van der Waals surface area contributed by atoms with Gasteiger partial charge in [0.1, 0.15) is 17.8 Å². The Morgan fingerprint density at radius 1 is 1.43 bits per heavy atom. The number of carboxylic acid groups (broad SMARTS) is 1. The molecule has 110 valence electrons. The summed E-state index contributed by atoms with van der Waals surface area (Å²) in [5.41, 5.74) is 7.81. The second-order valence-corrected chi connectivity index (χ2v) is 6.38. The fourth-order valence-electron chi connectivity index (χ4n) is 2.91. The summed E-state index contributed by atoms with van der Waals surface area (Å²) in [4.78, 5) is 19.1. The van der Waals surface area contributed by atoms with E-state index >= 15 is 0 Å². The molecule has 0 bridgehead atoms. The molecule has 2 aromatic heterocycles. The third-order valence-electron chi connectivity index (χ3n) is 3.91. The van der Waals surface area contributed by atoms with Crippen LogP contribution in [0.15, 0.2) is 24.2 Å². The van der Waals surface area contributed by atoms with E-state index in [-0.39, 0.29) is 0 Å². The van der Waals surface area contributed by atoms with Gasteiger partial charge in [0, 0.05) is 21.9 Å². The Morgan fingerprint density at radius 2 is 2.14 bits per heavy atom. The standard InChI is InChI=1S/C14H15IN4O2/c15-10-6-19(14-12(10)13(16)17-7-18-14)9-3-1-8(2-4-9)5-11(20)21/h5-7,9H,1-4H2,(H,20,21)(H2,16,17,18). The van der Waals surface area contributed by atoms with Gasteiger partial charge in [-0.05, 0) is 48.3 Å². The topological polar surface area (TPSA) is 94.0 Å². The SMILES string of the molecule is Nc1ncnc2c1c(I)cn2C1CCC(=CC(=O)O)CC1. The Labute approximate surface area is 135 Å². The van der Waals surface area contributed by atoms with Crippen LogP contribution in [-0.2, 0) is 4.79 Å². The van der Waals surface area contributed by atoms with Crippen molar-refractivity contribution in [3.63, 3.8) is 0 Å². The van der Waals surface area contributed by atoms with Gasteiger partial charge in [0.25, 0.3) is 0 Å². The van der Waals surface area contributed by atoms with Crippen molar-refractivity contribution in [3.05, 3.63) is 27.7 Å². The number of aromatic nitrogens is 3. The Kier molecular flexibility index (Phi) is 3.83. The second kappa shape index (κ2) is 5.63. The summed E-state index contributed by atoms with van der Waals surface area (Å²) in [6.45, 7) is 0. The number of anilines is 1. The van der Waals surface area contributed by atoms with Crippen molar-refractivity contribution >= 4 is 45.4 Å². The maximum Gasteiger partial charge on any atom is 0.328 e. The molecule has 1 fully saturated rings. The molecule has 0 aromatic carbocycles. The first-order valence-corrected chi connectivity index (χ1v) is 7.83. The quantitative estimate of drug-likeness (QED) is 0.600. The number of rotatable bonds is 2. The number of hydrogen-bond acceptors (Lipinski definition) is 4. The van der Waals surface area contributed by atoms with Gasteiger partial charge in [-0.2, -0.15) is 0 Å². The van der Waals surface area contributed by atoms with Crippen molar-refractivity contribution in [2.75, 3.05) is 5.73 Å². The van der Waals surface area contributed by atoms with E-state index < -0.39 is 5.97 Å². The van der Waals surface area contributed by atoms with Crippen LogP contribution < -0.4 is 5.73 Å². The van der Waals surface area contributed by atoms with Gasteiger partial charge in [-0.3, -0.25) is 0 Å². The van der Waals surface area contributed by atoms with Gasteiger partial charge in [0.15, 0.2) is 0 Å². The van der Waals surface area contributed by atoms with Crippen LogP contribution in [0.25, 0.3) is 11.0 Å². The number of nitrogen functional groups attached to an aromatic ring is 1. The summed E-state index contributed by atoms with van der Waals surface area (Å²) in [6, 6.07) is 0.330. The lowest BCUT2D eigenvalue weighted by Crippen LogP contribution is -2.14. The summed E-state index contributed by atoms with van der Waals surface area (Å²) < 4.78 is 3.21. The maximum absolute atomic E-state index is 10.7. The highest BCUT2D eigenvalue weighted by atomic mass is 127. The number of hydrogen-bond donors (Lipinski definition) is 2. The molecule has 0 spiro atoms. The molecular formula is C14H15IN4O2. The number of aliphatic carboxylic acids is 1. The molecule has 0 aliphatic heterocycles. The summed E-state index contributed by atoms with van der Waals surface area (Å²) in [6.07, 6.45) is 8.36. The Hall–Kier alpha value is -1.64. The highest BCUT2D eigenvalue weighted by Gasteiger charge is 2.22.